The highest BCUT2D eigenvalue weighted by Crippen LogP contribution is 2.32. The molecule has 2 N–H and O–H groups in total. The van der Waals surface area contributed by atoms with Crippen LogP contribution in [0.25, 0.3) is 0 Å². The molecule has 1 heterocycles. The predicted octanol–water partition coefficient (Wildman–Crippen LogP) is 4.69. The monoisotopic (exact) mass is 461 g/mol. The van der Waals surface area contributed by atoms with Crippen molar-refractivity contribution in [1.82, 2.24) is 0 Å². The summed E-state index contributed by atoms with van der Waals surface area (Å²) in [7, 11) is 1.55. The molecular weight excluding hydrogens is 442 g/mol. The minimum Gasteiger partial charge on any atom is -0.497 e. The van der Waals surface area contributed by atoms with Gasteiger partial charge in [0.05, 0.1) is 12.8 Å². The van der Waals surface area contributed by atoms with E-state index in [9.17, 15) is 14.4 Å². The van der Waals surface area contributed by atoms with Crippen LogP contribution in [0.3, 0.4) is 0 Å². The summed E-state index contributed by atoms with van der Waals surface area (Å²) < 4.78 is 5.17. The molecule has 0 unspecified atom stereocenters. The maximum Gasteiger partial charge on any atom is 0.283 e. The summed E-state index contributed by atoms with van der Waals surface area (Å²) in [5.74, 6) is -0.898. The molecule has 33 heavy (non-hydrogen) atoms. The lowest BCUT2D eigenvalue weighted by Gasteiger charge is -2.17. The lowest BCUT2D eigenvalue weighted by Crippen LogP contribution is -2.32. The van der Waals surface area contributed by atoms with E-state index in [4.69, 9.17) is 16.3 Å². The smallest absolute Gasteiger partial charge is 0.283 e. The molecule has 166 valence electrons. The molecule has 3 aromatic rings. The minimum absolute atomic E-state index is 0.0460. The Balaban J connectivity index is 1.54. The number of nitrogens with zero attached hydrogens (tertiary/aromatic N) is 1. The van der Waals surface area contributed by atoms with E-state index in [1.165, 1.54) is 0 Å². The van der Waals surface area contributed by atoms with E-state index < -0.39 is 11.8 Å². The van der Waals surface area contributed by atoms with Crippen LogP contribution in [0.2, 0.25) is 0 Å². The number of para-hydroxylation sites is 1. The van der Waals surface area contributed by atoms with E-state index >= 15 is 0 Å². The fourth-order valence-corrected chi connectivity index (χ4v) is 3.64. The second-order valence-electron chi connectivity index (χ2n) is 7.31. The molecule has 0 atom stereocenters. The molecule has 0 saturated heterocycles. The Morgan fingerprint density at radius 1 is 0.909 bits per heavy atom. The fourth-order valence-electron chi connectivity index (χ4n) is 3.43. The SMILES string of the molecule is COc1cccc(NC(=O)c2cccc(NC3=C(Cl)C(=O)N(c4ccccc4C)C3=O)c2)c1. The lowest BCUT2D eigenvalue weighted by molar-refractivity contribution is -0.120. The summed E-state index contributed by atoms with van der Waals surface area (Å²) in [6.07, 6.45) is 0. The molecule has 3 amide bonds. The van der Waals surface area contributed by atoms with Gasteiger partial charge in [-0.1, -0.05) is 41.9 Å². The Labute approximate surface area is 195 Å². The number of methoxy groups -OCH3 is 1. The highest BCUT2D eigenvalue weighted by Gasteiger charge is 2.39. The summed E-state index contributed by atoms with van der Waals surface area (Å²) in [5.41, 5.74) is 2.56. The third-order valence-corrected chi connectivity index (χ3v) is 5.46. The highest BCUT2D eigenvalue weighted by molar-refractivity contribution is 6.53. The van der Waals surface area contributed by atoms with Crippen LogP contribution >= 0.6 is 11.6 Å². The Morgan fingerprint density at radius 3 is 2.39 bits per heavy atom. The van der Waals surface area contributed by atoms with Gasteiger partial charge in [-0.15, -0.1) is 0 Å². The molecule has 0 fully saturated rings. The minimum atomic E-state index is -0.606. The van der Waals surface area contributed by atoms with Gasteiger partial charge in [0.15, 0.2) is 0 Å². The number of imide groups is 1. The quantitative estimate of drug-likeness (QED) is 0.520. The van der Waals surface area contributed by atoms with E-state index in [0.29, 0.717) is 28.4 Å². The van der Waals surface area contributed by atoms with Gasteiger partial charge in [0, 0.05) is 23.0 Å². The van der Waals surface area contributed by atoms with Gasteiger partial charge in [-0.25, -0.2) is 4.90 Å². The number of hydrogen-bond donors (Lipinski definition) is 2. The molecule has 0 radical (unpaired) electrons. The van der Waals surface area contributed by atoms with E-state index in [-0.39, 0.29) is 16.6 Å². The summed E-state index contributed by atoms with van der Waals surface area (Å²) in [5, 5.41) is 5.49. The zero-order valence-corrected chi connectivity index (χ0v) is 18.6. The molecule has 0 bridgehead atoms. The van der Waals surface area contributed by atoms with Gasteiger partial charge in [0.25, 0.3) is 17.7 Å². The molecule has 7 nitrogen and oxygen atoms in total. The Morgan fingerprint density at radius 2 is 1.64 bits per heavy atom. The van der Waals surface area contributed by atoms with Crippen LogP contribution in [0.1, 0.15) is 15.9 Å². The van der Waals surface area contributed by atoms with Crippen molar-refractivity contribution in [3.8, 4) is 5.75 Å². The van der Waals surface area contributed by atoms with Crippen molar-refractivity contribution in [1.29, 1.82) is 0 Å². The zero-order chi connectivity index (χ0) is 23.5. The van der Waals surface area contributed by atoms with E-state index in [1.807, 2.05) is 6.07 Å². The molecule has 1 aliphatic rings. The van der Waals surface area contributed by atoms with Crippen LogP contribution in [0.15, 0.2) is 83.5 Å². The third kappa shape index (κ3) is 4.44. The number of ether oxygens (including phenoxy) is 1. The first kappa shape index (κ1) is 22.1. The molecule has 1 aliphatic heterocycles. The number of rotatable bonds is 6. The predicted molar refractivity (Wildman–Crippen MR) is 128 cm³/mol. The number of halogens is 1. The van der Waals surface area contributed by atoms with Crippen LogP contribution < -0.4 is 20.3 Å². The normalized spacial score (nSPS) is 13.4. The average molecular weight is 462 g/mol. The summed E-state index contributed by atoms with van der Waals surface area (Å²) in [6, 6.07) is 20.6. The number of carbonyl (C=O) groups excluding carboxylic acids is 3. The van der Waals surface area contributed by atoms with Crippen molar-refractivity contribution in [3.05, 3.63) is 94.7 Å². The van der Waals surface area contributed by atoms with Gasteiger partial charge < -0.3 is 15.4 Å². The number of amides is 3. The molecule has 8 heteroatoms. The standard InChI is InChI=1S/C25H20ClN3O4/c1-15-7-3-4-12-20(15)29-24(31)21(26)22(25(29)32)27-17-9-5-8-16(13-17)23(30)28-18-10-6-11-19(14-18)33-2/h3-14,27H,1-2H3,(H,28,30). The van der Waals surface area contributed by atoms with Crippen LogP contribution in [0, 0.1) is 6.92 Å². The first-order valence-electron chi connectivity index (χ1n) is 10.1. The molecule has 3 aromatic carbocycles. The molecule has 0 spiro atoms. The molecule has 0 aliphatic carbocycles. The van der Waals surface area contributed by atoms with Gasteiger partial charge in [-0.3, -0.25) is 14.4 Å². The van der Waals surface area contributed by atoms with Crippen LogP contribution in [0.5, 0.6) is 5.75 Å². The van der Waals surface area contributed by atoms with Crippen LogP contribution in [-0.2, 0) is 9.59 Å². The van der Waals surface area contributed by atoms with Gasteiger partial charge in [-0.2, -0.15) is 0 Å². The molecule has 4 rings (SSSR count). The first-order valence-corrected chi connectivity index (χ1v) is 10.4. The molecule has 0 saturated carbocycles. The number of aryl methyl sites for hydroxylation is 1. The summed E-state index contributed by atoms with van der Waals surface area (Å²) in [4.78, 5) is 39.5. The summed E-state index contributed by atoms with van der Waals surface area (Å²) >= 11 is 6.22. The maximum absolute atomic E-state index is 13.0. The number of hydrogen-bond acceptors (Lipinski definition) is 5. The molecular formula is C25H20ClN3O4. The first-order chi connectivity index (χ1) is 15.9. The van der Waals surface area contributed by atoms with Gasteiger partial charge in [0.2, 0.25) is 0 Å². The second kappa shape index (κ2) is 9.18. The van der Waals surface area contributed by atoms with Gasteiger partial charge in [-0.05, 0) is 48.9 Å². The van der Waals surface area contributed by atoms with Gasteiger partial charge >= 0.3 is 0 Å². The van der Waals surface area contributed by atoms with Crippen molar-refractivity contribution < 1.29 is 19.1 Å². The van der Waals surface area contributed by atoms with Crippen LogP contribution in [-0.4, -0.2) is 24.8 Å². The third-order valence-electron chi connectivity index (χ3n) is 5.11. The fraction of sp³-hybridized carbons (Fsp3) is 0.0800. The van der Waals surface area contributed by atoms with Gasteiger partial charge in [0.1, 0.15) is 16.5 Å². The average Bonchev–Trinajstić information content (AvgIpc) is 3.03. The van der Waals surface area contributed by atoms with Crippen molar-refractivity contribution in [2.24, 2.45) is 0 Å². The van der Waals surface area contributed by atoms with E-state index in [1.54, 1.807) is 80.8 Å². The lowest BCUT2D eigenvalue weighted by atomic mass is 10.1. The van der Waals surface area contributed by atoms with E-state index in [0.717, 1.165) is 10.5 Å². The maximum atomic E-state index is 13.0. The van der Waals surface area contributed by atoms with Crippen LogP contribution in [0.4, 0.5) is 17.1 Å². The highest BCUT2D eigenvalue weighted by atomic mass is 35.5. The number of nitrogens with one attached hydrogen (secondary N) is 2. The van der Waals surface area contributed by atoms with Crippen molar-refractivity contribution in [2.75, 3.05) is 22.6 Å². The second-order valence-corrected chi connectivity index (χ2v) is 7.69. The van der Waals surface area contributed by atoms with E-state index in [2.05, 4.69) is 10.6 Å². The largest absolute Gasteiger partial charge is 0.497 e. The molecule has 0 aromatic heterocycles. The number of anilines is 3. The number of benzene rings is 3. The Bertz CT molecular complexity index is 1300. The van der Waals surface area contributed by atoms with Crippen molar-refractivity contribution in [3.63, 3.8) is 0 Å². The Kier molecular flexibility index (Phi) is 6.15. The summed E-state index contributed by atoms with van der Waals surface area (Å²) in [6.45, 7) is 1.81. The topological polar surface area (TPSA) is 87.7 Å². The Hall–Kier alpha value is -4.10. The van der Waals surface area contributed by atoms with Crippen molar-refractivity contribution in [2.45, 2.75) is 6.92 Å². The zero-order valence-electron chi connectivity index (χ0n) is 17.9. The van der Waals surface area contributed by atoms with Crippen molar-refractivity contribution >= 4 is 46.4 Å². The number of carbonyl (C=O) groups is 3.